The molecule has 0 saturated heterocycles. The van der Waals surface area contributed by atoms with Crippen LogP contribution in [0.5, 0.6) is 5.88 Å². The molecule has 0 saturated carbocycles. The zero-order chi connectivity index (χ0) is 11.8. The minimum Gasteiger partial charge on any atom is -0.480 e. The summed E-state index contributed by atoms with van der Waals surface area (Å²) in [7, 11) is -2.75. The van der Waals surface area contributed by atoms with Crippen molar-refractivity contribution in [2.45, 2.75) is 0 Å². The third-order valence-corrected chi connectivity index (χ3v) is 1.74. The van der Waals surface area contributed by atoms with Gasteiger partial charge in [0, 0.05) is 6.17 Å². The van der Waals surface area contributed by atoms with Gasteiger partial charge in [-0.25, -0.2) is 9.37 Å². The summed E-state index contributed by atoms with van der Waals surface area (Å²) in [5.74, 6) is -1.50. The van der Waals surface area contributed by atoms with Crippen LogP contribution in [0.25, 0.3) is 0 Å². The number of hydrogen-bond donors (Lipinski definition) is 0. The molecule has 0 N–H and O–H groups in total. The van der Waals surface area contributed by atoms with Crippen LogP contribution in [0.3, 0.4) is 0 Å². The molecule has 0 aliphatic rings. The Hall–Kier alpha value is -0.390. The van der Waals surface area contributed by atoms with E-state index in [4.69, 9.17) is 6.85 Å². The van der Waals surface area contributed by atoms with Crippen molar-refractivity contribution >= 4 is 22.6 Å². The minimum absolute atomic E-state index is 0.218. The van der Waals surface area contributed by atoms with Gasteiger partial charge in [0.2, 0.25) is 5.88 Å². The van der Waals surface area contributed by atoms with Gasteiger partial charge in [-0.05, 0) is 28.6 Å². The topological polar surface area (TPSA) is 22.1 Å². The van der Waals surface area contributed by atoms with Crippen LogP contribution in [0.1, 0.15) is 6.85 Å². The summed E-state index contributed by atoms with van der Waals surface area (Å²) in [5.41, 5.74) is 0. The van der Waals surface area contributed by atoms with Crippen molar-refractivity contribution in [1.82, 2.24) is 4.98 Å². The van der Waals surface area contributed by atoms with Crippen molar-refractivity contribution in [3.05, 3.63) is 21.6 Å². The van der Waals surface area contributed by atoms with E-state index in [9.17, 15) is 4.39 Å². The molecule has 1 aromatic rings. The van der Waals surface area contributed by atoms with Crippen LogP contribution >= 0.6 is 22.6 Å². The third-order valence-electron chi connectivity index (χ3n) is 0.800. The van der Waals surface area contributed by atoms with Gasteiger partial charge < -0.3 is 4.74 Å². The second-order valence-electron chi connectivity index (χ2n) is 1.38. The van der Waals surface area contributed by atoms with E-state index in [0.717, 1.165) is 0 Å². The van der Waals surface area contributed by atoms with Crippen molar-refractivity contribution in [3.63, 3.8) is 0 Å². The van der Waals surface area contributed by atoms with Gasteiger partial charge in [-0.3, -0.25) is 0 Å². The molecule has 1 heterocycles. The van der Waals surface area contributed by atoms with Crippen molar-refractivity contribution in [2.75, 3.05) is 7.04 Å². The molecular formula is C6H5FINO. The van der Waals surface area contributed by atoms with E-state index in [0.29, 0.717) is 0 Å². The predicted octanol–water partition coefficient (Wildman–Crippen LogP) is 1.83. The summed E-state index contributed by atoms with van der Waals surface area (Å²) in [4.78, 5) is 3.37. The van der Waals surface area contributed by atoms with Gasteiger partial charge in [0.25, 0.3) is 0 Å². The van der Waals surface area contributed by atoms with Crippen molar-refractivity contribution in [2.24, 2.45) is 0 Å². The molecule has 1 aromatic heterocycles. The Labute approximate surface area is 78.6 Å². The molecule has 0 unspecified atom stereocenters. The molecule has 2 nitrogen and oxygen atoms in total. The molecule has 0 aliphatic carbocycles. The molecule has 0 atom stereocenters. The van der Waals surface area contributed by atoms with Crippen LogP contribution in [0.2, 0.25) is 0 Å². The molecule has 0 aliphatic heterocycles. The molecule has 10 heavy (non-hydrogen) atoms. The third kappa shape index (κ3) is 1.36. The van der Waals surface area contributed by atoms with Gasteiger partial charge in [0.1, 0.15) is 9.39 Å². The molecule has 0 fully saturated rings. The Morgan fingerprint density at radius 2 is 2.80 bits per heavy atom. The first-order chi connectivity index (χ1) is 6.72. The first-order valence-electron chi connectivity index (χ1n) is 4.73. The molecule has 0 aromatic carbocycles. The number of nitrogens with zero attached hydrogens (tertiary/aromatic N) is 1. The predicted molar refractivity (Wildman–Crippen MR) is 43.5 cm³/mol. The minimum atomic E-state index is -2.75. The maximum Gasteiger partial charge on any atom is 0.229 e. The van der Waals surface area contributed by atoms with Gasteiger partial charge in [-0.15, -0.1) is 0 Å². The fourth-order valence-electron chi connectivity index (χ4n) is 0.393. The lowest BCUT2D eigenvalue weighted by molar-refractivity contribution is 0.390. The molecule has 4 heteroatoms. The Kier molecular flexibility index (Phi) is 1.05. The number of aromatic nitrogens is 1. The van der Waals surface area contributed by atoms with Crippen LogP contribution in [0, 0.1) is 9.39 Å². The quantitative estimate of drug-likeness (QED) is 0.717. The van der Waals surface area contributed by atoms with Crippen molar-refractivity contribution in [3.8, 4) is 5.88 Å². The molecule has 0 bridgehead atoms. The van der Waals surface area contributed by atoms with Gasteiger partial charge in [-0.2, -0.15) is 0 Å². The van der Waals surface area contributed by atoms with Crippen LogP contribution < -0.4 is 4.74 Å². The van der Waals surface area contributed by atoms with E-state index in [-0.39, 0.29) is 3.57 Å². The summed E-state index contributed by atoms with van der Waals surface area (Å²) in [6.07, 6.45) is -0.660. The smallest absolute Gasteiger partial charge is 0.229 e. The standard InChI is InChI=1S/C6H5FINO/c1-10-6-5(8)4(7)2-3-9-6/h2-3H,1H3/i1D3,2D,3D. The second kappa shape index (κ2) is 3.14. The van der Waals surface area contributed by atoms with Crippen molar-refractivity contribution < 1.29 is 16.0 Å². The number of methoxy groups -OCH3 is 1. The molecule has 54 valence electrons. The van der Waals surface area contributed by atoms with Gasteiger partial charge in [-0.1, -0.05) is 0 Å². The largest absolute Gasteiger partial charge is 0.480 e. The lowest BCUT2D eigenvalue weighted by Crippen LogP contribution is -1.92. The Morgan fingerprint density at radius 3 is 3.50 bits per heavy atom. The van der Waals surface area contributed by atoms with Crippen LogP contribution in [-0.4, -0.2) is 12.0 Å². The van der Waals surface area contributed by atoms with Crippen LogP contribution in [0.15, 0.2) is 12.2 Å². The number of ether oxygens (including phenoxy) is 1. The maximum atomic E-state index is 13.2. The lowest BCUT2D eigenvalue weighted by atomic mass is 10.5. The molecule has 0 amide bonds. The summed E-state index contributed by atoms with van der Waals surface area (Å²) >= 11 is 1.47. The maximum absolute atomic E-state index is 13.2. The van der Waals surface area contributed by atoms with Crippen molar-refractivity contribution in [1.29, 1.82) is 0 Å². The van der Waals surface area contributed by atoms with E-state index < -0.39 is 31.0 Å². The highest BCUT2D eigenvalue weighted by atomic mass is 127. The number of rotatable bonds is 1. The summed E-state index contributed by atoms with van der Waals surface area (Å²) in [6.45, 7) is 0. The Morgan fingerprint density at radius 1 is 2.00 bits per heavy atom. The van der Waals surface area contributed by atoms with E-state index in [1.54, 1.807) is 0 Å². The zero-order valence-electron chi connectivity index (χ0n) is 9.61. The highest BCUT2D eigenvalue weighted by Crippen LogP contribution is 2.19. The van der Waals surface area contributed by atoms with E-state index in [1.807, 2.05) is 0 Å². The van der Waals surface area contributed by atoms with Crippen LogP contribution in [0.4, 0.5) is 4.39 Å². The Bertz CT molecular complexity index is 396. The first kappa shape index (κ1) is 3.34. The average molecular weight is 258 g/mol. The number of hydrogen-bond acceptors (Lipinski definition) is 2. The molecule has 1 rings (SSSR count). The fraction of sp³-hybridized carbons (Fsp3) is 0.167. The normalized spacial score (nSPS) is 18.0. The summed E-state index contributed by atoms with van der Waals surface area (Å²) in [6, 6.07) is -0.683. The number of halogens is 2. The first-order valence-corrected chi connectivity index (χ1v) is 3.31. The average Bonchev–Trinajstić information content (AvgIpc) is 2.08. The second-order valence-corrected chi connectivity index (χ2v) is 2.46. The molecule has 0 spiro atoms. The SMILES string of the molecule is [2H]c1nc(OC([2H])([2H])[2H])c(I)c(F)c1[2H]. The van der Waals surface area contributed by atoms with Gasteiger partial charge in [0.05, 0.1) is 13.9 Å². The summed E-state index contributed by atoms with van der Waals surface area (Å²) in [5, 5.41) is 0. The highest BCUT2D eigenvalue weighted by Gasteiger charge is 2.04. The Balaban J connectivity index is 3.21. The zero-order valence-corrected chi connectivity index (χ0v) is 6.77. The summed E-state index contributed by atoms with van der Waals surface area (Å²) < 4.78 is 52.0. The lowest BCUT2D eigenvalue weighted by Gasteiger charge is -1.99. The fourth-order valence-corrected chi connectivity index (χ4v) is 0.759. The van der Waals surface area contributed by atoms with E-state index >= 15 is 0 Å². The molecular weight excluding hydrogens is 248 g/mol. The number of pyridine rings is 1. The monoisotopic (exact) mass is 258 g/mol. The molecule has 0 radical (unpaired) electrons. The van der Waals surface area contributed by atoms with Gasteiger partial charge in [0.15, 0.2) is 0 Å². The van der Waals surface area contributed by atoms with Crippen LogP contribution in [-0.2, 0) is 0 Å². The van der Waals surface area contributed by atoms with E-state index in [2.05, 4.69) is 9.72 Å². The highest BCUT2D eigenvalue weighted by molar-refractivity contribution is 14.1. The van der Waals surface area contributed by atoms with Gasteiger partial charge >= 0.3 is 0 Å². The van der Waals surface area contributed by atoms with E-state index in [1.165, 1.54) is 22.6 Å².